The number of para-hydroxylation sites is 2. The van der Waals surface area contributed by atoms with Gasteiger partial charge in [-0.25, -0.2) is 9.98 Å². The molecule has 0 saturated heterocycles. The molecule has 9 aromatic rings. The van der Waals surface area contributed by atoms with Gasteiger partial charge in [0.1, 0.15) is 5.69 Å². The predicted octanol–water partition coefficient (Wildman–Crippen LogP) is 10.4. The Morgan fingerprint density at radius 3 is 2.14 bits per heavy atom. The van der Waals surface area contributed by atoms with Crippen molar-refractivity contribution < 1.29 is 0 Å². The van der Waals surface area contributed by atoms with Crippen LogP contribution in [0.3, 0.4) is 0 Å². The minimum absolute atomic E-state index is 0.181. The first kappa shape index (κ1) is 27.5. The van der Waals surface area contributed by atoms with E-state index in [1.54, 1.807) is 0 Å². The maximum absolute atomic E-state index is 9.18. The van der Waals surface area contributed by atoms with Crippen LogP contribution in [0, 0.1) is 12.3 Å². The second-order valence-corrected chi connectivity index (χ2v) is 12.7. The lowest BCUT2D eigenvalue weighted by Gasteiger charge is -2.14. The van der Waals surface area contributed by atoms with Gasteiger partial charge in [-0.15, -0.1) is 0 Å². The van der Waals surface area contributed by atoms with E-state index in [9.17, 15) is 5.41 Å². The summed E-state index contributed by atoms with van der Waals surface area (Å²) in [5.41, 5.74) is 14.1. The second-order valence-electron chi connectivity index (χ2n) is 12.7. The van der Waals surface area contributed by atoms with Crippen molar-refractivity contribution in [3.05, 3.63) is 162 Å². The maximum atomic E-state index is 9.18. The smallest absolute Gasteiger partial charge is 0.159 e. The largest absolute Gasteiger partial charge is 0.337 e. The Kier molecular flexibility index (Phi) is 5.87. The summed E-state index contributed by atoms with van der Waals surface area (Å²) in [6.07, 6.45) is 0. The van der Waals surface area contributed by atoms with Crippen LogP contribution in [-0.2, 0) is 0 Å². The summed E-state index contributed by atoms with van der Waals surface area (Å²) in [4.78, 5) is 13.3. The van der Waals surface area contributed by atoms with Crippen molar-refractivity contribution in [1.29, 1.82) is 5.41 Å². The number of aromatic nitrogens is 3. The predicted molar refractivity (Wildman–Crippen MR) is 201 cm³/mol. The Balaban J connectivity index is 1.16. The molecule has 2 N–H and O–H groups in total. The second kappa shape index (κ2) is 10.5. The average Bonchev–Trinajstić information content (AvgIpc) is 3.43. The normalized spacial score (nSPS) is 12.4. The molecule has 0 bridgehead atoms. The van der Waals surface area contributed by atoms with Crippen LogP contribution in [0.25, 0.3) is 82.8 Å². The Morgan fingerprint density at radius 1 is 0.633 bits per heavy atom. The van der Waals surface area contributed by atoms with E-state index < -0.39 is 0 Å². The molecule has 0 fully saturated rings. The SMILES string of the molecule is Cc1cc(-n2c3cccc4c3c3c5c(cccc5ccc32)-c2ccccc2-4)ccc1C(=N)N=c1[nH]c2ccccc2nc1-c1ccccc1. The molecule has 1 aliphatic rings. The molecule has 2 aromatic heterocycles. The Morgan fingerprint density at radius 2 is 1.33 bits per heavy atom. The van der Waals surface area contributed by atoms with Gasteiger partial charge >= 0.3 is 0 Å². The van der Waals surface area contributed by atoms with Crippen molar-refractivity contribution in [3.8, 4) is 39.2 Å². The zero-order chi connectivity index (χ0) is 32.6. The summed E-state index contributed by atoms with van der Waals surface area (Å²) in [5.74, 6) is 0.181. The first-order valence-corrected chi connectivity index (χ1v) is 16.5. The van der Waals surface area contributed by atoms with Gasteiger partial charge in [-0.3, -0.25) is 5.41 Å². The van der Waals surface area contributed by atoms with Crippen molar-refractivity contribution in [3.63, 3.8) is 0 Å². The lowest BCUT2D eigenvalue weighted by molar-refractivity contribution is 1.14. The average molecular weight is 628 g/mol. The van der Waals surface area contributed by atoms with Gasteiger partial charge in [0.15, 0.2) is 11.3 Å². The van der Waals surface area contributed by atoms with E-state index in [0.717, 1.165) is 33.4 Å². The zero-order valence-electron chi connectivity index (χ0n) is 26.7. The molecule has 5 nitrogen and oxygen atoms in total. The molecule has 0 unspecified atom stereocenters. The van der Waals surface area contributed by atoms with Crippen LogP contribution in [-0.4, -0.2) is 20.4 Å². The molecule has 49 heavy (non-hydrogen) atoms. The van der Waals surface area contributed by atoms with Gasteiger partial charge in [-0.05, 0) is 88.0 Å². The van der Waals surface area contributed by atoms with E-state index in [4.69, 9.17) is 9.98 Å². The van der Waals surface area contributed by atoms with E-state index in [1.807, 2.05) is 60.7 Å². The molecule has 0 atom stereocenters. The van der Waals surface area contributed by atoms with E-state index >= 15 is 0 Å². The third-order valence-corrected chi connectivity index (χ3v) is 9.91. The number of nitrogens with zero attached hydrogens (tertiary/aromatic N) is 3. The highest BCUT2D eigenvalue weighted by atomic mass is 15.0. The quantitative estimate of drug-likeness (QED) is 0.149. The molecule has 1 aliphatic carbocycles. The van der Waals surface area contributed by atoms with Crippen LogP contribution >= 0.6 is 0 Å². The fourth-order valence-electron chi connectivity index (χ4n) is 7.75. The molecule has 10 rings (SSSR count). The van der Waals surface area contributed by atoms with E-state index in [-0.39, 0.29) is 5.84 Å². The molecule has 2 heterocycles. The van der Waals surface area contributed by atoms with Crippen molar-refractivity contribution >= 4 is 49.4 Å². The Hall–Kier alpha value is -6.59. The number of nitrogens with one attached hydrogen (secondary N) is 2. The number of aromatic amines is 1. The maximum Gasteiger partial charge on any atom is 0.159 e. The van der Waals surface area contributed by atoms with E-state index in [2.05, 4.69) is 101 Å². The number of rotatable bonds is 3. The van der Waals surface area contributed by atoms with Gasteiger partial charge in [-0.1, -0.05) is 103 Å². The highest BCUT2D eigenvalue weighted by molar-refractivity contribution is 6.30. The highest BCUT2D eigenvalue weighted by Crippen LogP contribution is 2.49. The van der Waals surface area contributed by atoms with Crippen LogP contribution in [0.15, 0.2) is 151 Å². The molecule has 7 aromatic carbocycles. The summed E-state index contributed by atoms with van der Waals surface area (Å²) in [6, 6.07) is 50.9. The van der Waals surface area contributed by atoms with Crippen LogP contribution < -0.4 is 5.49 Å². The topological polar surface area (TPSA) is 69.8 Å². The molecular formula is C44H29N5. The number of hydrogen-bond acceptors (Lipinski definition) is 2. The minimum Gasteiger partial charge on any atom is -0.337 e. The number of fused-ring (bicyclic) bond motifs is 4. The summed E-state index contributed by atoms with van der Waals surface area (Å²) in [7, 11) is 0. The summed E-state index contributed by atoms with van der Waals surface area (Å²) in [5, 5.41) is 14.3. The third-order valence-electron chi connectivity index (χ3n) is 9.91. The number of hydrogen-bond donors (Lipinski definition) is 2. The summed E-state index contributed by atoms with van der Waals surface area (Å²) in [6.45, 7) is 2.07. The van der Waals surface area contributed by atoms with E-state index in [1.165, 1.54) is 54.8 Å². The molecule has 0 saturated carbocycles. The van der Waals surface area contributed by atoms with Crippen LogP contribution in [0.4, 0.5) is 0 Å². The lowest BCUT2D eigenvalue weighted by Crippen LogP contribution is -2.17. The van der Waals surface area contributed by atoms with Crippen LogP contribution in [0.5, 0.6) is 0 Å². The van der Waals surface area contributed by atoms with Gasteiger partial charge < -0.3 is 9.55 Å². The molecule has 0 spiro atoms. The van der Waals surface area contributed by atoms with E-state index in [0.29, 0.717) is 11.2 Å². The van der Waals surface area contributed by atoms with Crippen LogP contribution in [0.2, 0.25) is 0 Å². The van der Waals surface area contributed by atoms with Crippen LogP contribution in [0.1, 0.15) is 11.1 Å². The highest BCUT2D eigenvalue weighted by Gasteiger charge is 2.24. The summed E-state index contributed by atoms with van der Waals surface area (Å²) < 4.78 is 2.38. The fraction of sp³-hybridized carbons (Fsp3) is 0.0227. The summed E-state index contributed by atoms with van der Waals surface area (Å²) >= 11 is 0. The van der Waals surface area contributed by atoms with Crippen molar-refractivity contribution in [2.75, 3.05) is 0 Å². The molecule has 0 amide bonds. The Labute approximate surface area is 282 Å². The monoisotopic (exact) mass is 627 g/mol. The van der Waals surface area contributed by atoms with Gasteiger partial charge in [0.2, 0.25) is 0 Å². The Bertz CT molecular complexity index is 2910. The molecule has 5 heteroatoms. The first-order valence-electron chi connectivity index (χ1n) is 16.5. The van der Waals surface area contributed by atoms with Gasteiger partial charge in [0, 0.05) is 27.6 Å². The fourth-order valence-corrected chi connectivity index (χ4v) is 7.75. The van der Waals surface area contributed by atoms with Crippen molar-refractivity contribution in [2.45, 2.75) is 6.92 Å². The van der Waals surface area contributed by atoms with Gasteiger partial charge in [0.25, 0.3) is 0 Å². The number of benzene rings is 7. The number of H-pyrrole nitrogens is 1. The lowest BCUT2D eigenvalue weighted by atomic mass is 9.93. The number of aryl methyl sites for hydroxylation is 1. The third kappa shape index (κ3) is 4.09. The zero-order valence-corrected chi connectivity index (χ0v) is 26.7. The van der Waals surface area contributed by atoms with Gasteiger partial charge in [-0.2, -0.15) is 0 Å². The minimum atomic E-state index is 0.181. The van der Waals surface area contributed by atoms with Crippen molar-refractivity contribution in [1.82, 2.24) is 14.5 Å². The first-order chi connectivity index (χ1) is 24.1. The molecule has 0 aliphatic heterocycles. The molecular weight excluding hydrogens is 599 g/mol. The molecule has 230 valence electrons. The molecule has 0 radical (unpaired) electrons. The number of amidine groups is 1. The van der Waals surface area contributed by atoms with Crippen molar-refractivity contribution in [2.24, 2.45) is 4.99 Å². The standard InChI is InChI=1S/C44H29N5/c1-26-25-29(22-23-30(26)43(45)48-44-42(28-11-3-2-4-12-28)46-35-18-7-8-19-36(35)47-44)49-37-20-10-17-34-32-15-6-5-14-31(32)33-16-9-13-27-21-24-38(49)41(39(27)33)40(34)37/h2-25H,1H3,(H2,45,47,48). The van der Waals surface area contributed by atoms with Gasteiger partial charge in [0.05, 0.1) is 22.1 Å².